The number of anilines is 2. The van der Waals surface area contributed by atoms with Crippen LogP contribution in [-0.2, 0) is 9.59 Å². The van der Waals surface area contributed by atoms with Gasteiger partial charge >= 0.3 is 0 Å². The summed E-state index contributed by atoms with van der Waals surface area (Å²) >= 11 is 7.51. The minimum atomic E-state index is -0.385. The van der Waals surface area contributed by atoms with Gasteiger partial charge in [-0.15, -0.1) is 11.3 Å². The summed E-state index contributed by atoms with van der Waals surface area (Å²) in [5, 5.41) is 6.55. The second-order valence-corrected chi connectivity index (χ2v) is 8.20. The number of benzene rings is 2. The van der Waals surface area contributed by atoms with Gasteiger partial charge in [0.25, 0.3) is 0 Å². The van der Waals surface area contributed by atoms with E-state index in [1.807, 2.05) is 36.6 Å². The van der Waals surface area contributed by atoms with E-state index in [0.29, 0.717) is 17.3 Å². The van der Waals surface area contributed by atoms with Gasteiger partial charge in [0.05, 0.1) is 16.6 Å². The highest BCUT2D eigenvalue weighted by atomic mass is 35.5. The van der Waals surface area contributed by atoms with E-state index in [9.17, 15) is 9.59 Å². The third kappa shape index (κ3) is 3.93. The molecule has 0 aliphatic carbocycles. The van der Waals surface area contributed by atoms with Crippen molar-refractivity contribution >= 4 is 46.1 Å². The molecule has 0 saturated carbocycles. The number of carbonyl (C=O) groups is 2. The number of rotatable bonds is 4. The second-order valence-electron chi connectivity index (χ2n) is 6.70. The average molecular weight is 412 g/mol. The maximum Gasteiger partial charge on any atom is 0.229 e. The van der Waals surface area contributed by atoms with Gasteiger partial charge in [0.1, 0.15) is 0 Å². The van der Waals surface area contributed by atoms with Crippen molar-refractivity contribution < 1.29 is 9.59 Å². The number of hydrogen-bond donors (Lipinski definition) is 1. The molecule has 4 rings (SSSR count). The van der Waals surface area contributed by atoms with Gasteiger partial charge in [-0.25, -0.2) is 4.98 Å². The lowest BCUT2D eigenvalue weighted by molar-refractivity contribution is -0.122. The van der Waals surface area contributed by atoms with Crippen molar-refractivity contribution in [3.05, 3.63) is 63.9 Å². The maximum absolute atomic E-state index is 12.6. The van der Waals surface area contributed by atoms with Crippen LogP contribution < -0.4 is 10.2 Å². The van der Waals surface area contributed by atoms with Crippen molar-refractivity contribution in [3.8, 4) is 11.3 Å². The van der Waals surface area contributed by atoms with Gasteiger partial charge in [0.15, 0.2) is 0 Å². The molecule has 0 bridgehead atoms. The third-order valence-corrected chi connectivity index (χ3v) is 5.73. The van der Waals surface area contributed by atoms with E-state index in [-0.39, 0.29) is 24.2 Å². The lowest BCUT2D eigenvalue weighted by atomic mass is 10.1. The number of halogens is 1. The van der Waals surface area contributed by atoms with Crippen molar-refractivity contribution in [2.24, 2.45) is 5.92 Å². The fourth-order valence-corrected chi connectivity index (χ4v) is 3.97. The molecule has 0 unspecified atom stereocenters. The molecule has 1 aliphatic heterocycles. The van der Waals surface area contributed by atoms with Crippen molar-refractivity contribution in [3.63, 3.8) is 0 Å². The molecule has 0 spiro atoms. The van der Waals surface area contributed by atoms with E-state index in [1.54, 1.807) is 40.5 Å². The molecule has 2 aromatic carbocycles. The highest BCUT2D eigenvalue weighted by Gasteiger charge is 2.35. The average Bonchev–Trinajstić information content (AvgIpc) is 3.29. The number of aryl methyl sites for hydroxylation is 1. The summed E-state index contributed by atoms with van der Waals surface area (Å²) in [6, 6.07) is 14.6. The predicted octanol–water partition coefficient (Wildman–Crippen LogP) is 4.76. The zero-order valence-electron chi connectivity index (χ0n) is 15.2. The van der Waals surface area contributed by atoms with Gasteiger partial charge in [0, 0.05) is 40.3 Å². The van der Waals surface area contributed by atoms with E-state index < -0.39 is 0 Å². The summed E-state index contributed by atoms with van der Waals surface area (Å²) < 4.78 is 0. The molecule has 1 atom stereocenters. The van der Waals surface area contributed by atoms with Crippen LogP contribution in [0.5, 0.6) is 0 Å². The normalized spacial score (nSPS) is 16.4. The molecule has 1 aliphatic rings. The summed E-state index contributed by atoms with van der Waals surface area (Å²) in [7, 11) is 0. The van der Waals surface area contributed by atoms with E-state index >= 15 is 0 Å². The maximum atomic E-state index is 12.6. The zero-order valence-corrected chi connectivity index (χ0v) is 16.8. The predicted molar refractivity (Wildman–Crippen MR) is 113 cm³/mol. The Kier molecular flexibility index (Phi) is 5.15. The number of aromatic nitrogens is 1. The number of hydrogen-bond acceptors (Lipinski definition) is 4. The van der Waals surface area contributed by atoms with Gasteiger partial charge in [-0.05, 0) is 43.3 Å². The third-order valence-electron chi connectivity index (χ3n) is 4.70. The van der Waals surface area contributed by atoms with Gasteiger partial charge in [-0.1, -0.05) is 23.7 Å². The first-order chi connectivity index (χ1) is 13.5. The lowest BCUT2D eigenvalue weighted by Crippen LogP contribution is -2.28. The number of nitrogens with one attached hydrogen (secondary N) is 1. The Bertz CT molecular complexity index is 1010. The molecule has 142 valence electrons. The number of nitrogens with zero attached hydrogens (tertiary/aromatic N) is 2. The first-order valence-electron chi connectivity index (χ1n) is 8.89. The summed E-state index contributed by atoms with van der Waals surface area (Å²) in [5.74, 6) is -0.595. The molecule has 1 saturated heterocycles. The van der Waals surface area contributed by atoms with Crippen LogP contribution in [0.4, 0.5) is 11.4 Å². The van der Waals surface area contributed by atoms with Crippen LogP contribution in [0.1, 0.15) is 11.4 Å². The van der Waals surface area contributed by atoms with Crippen LogP contribution >= 0.6 is 22.9 Å². The summed E-state index contributed by atoms with van der Waals surface area (Å²) in [6.07, 6.45) is 0.199. The van der Waals surface area contributed by atoms with Crippen LogP contribution in [0, 0.1) is 12.8 Å². The van der Waals surface area contributed by atoms with E-state index in [4.69, 9.17) is 11.6 Å². The molecule has 2 amide bonds. The number of carbonyl (C=O) groups excluding carboxylic acids is 2. The Morgan fingerprint density at radius 2 is 1.89 bits per heavy atom. The second kappa shape index (κ2) is 7.73. The van der Waals surface area contributed by atoms with Crippen molar-refractivity contribution in [2.75, 3.05) is 16.8 Å². The highest BCUT2D eigenvalue weighted by Crippen LogP contribution is 2.28. The molecule has 1 fully saturated rings. The summed E-state index contributed by atoms with van der Waals surface area (Å²) in [5.41, 5.74) is 3.40. The highest BCUT2D eigenvalue weighted by molar-refractivity contribution is 7.09. The minimum Gasteiger partial charge on any atom is -0.326 e. The molecule has 3 aromatic rings. The molecule has 1 N–H and O–H groups in total. The Morgan fingerprint density at radius 1 is 1.18 bits per heavy atom. The van der Waals surface area contributed by atoms with Gasteiger partial charge < -0.3 is 10.2 Å². The number of thiazole rings is 1. The van der Waals surface area contributed by atoms with Crippen LogP contribution in [0.3, 0.4) is 0 Å². The van der Waals surface area contributed by atoms with Crippen molar-refractivity contribution in [1.82, 2.24) is 4.98 Å². The quantitative estimate of drug-likeness (QED) is 0.673. The standard InChI is InChI=1S/C21H18ClN3O2S/c1-13-23-19(12-28-13)14-2-6-17(7-3-14)24-21(27)15-10-20(26)25(11-15)18-8-4-16(22)5-9-18/h2-9,12,15H,10-11H2,1H3,(H,24,27)/t15-/m0/s1. The largest absolute Gasteiger partial charge is 0.326 e. The van der Waals surface area contributed by atoms with E-state index in [0.717, 1.165) is 22.0 Å². The van der Waals surface area contributed by atoms with Crippen LogP contribution in [-0.4, -0.2) is 23.3 Å². The Balaban J connectivity index is 1.41. The van der Waals surface area contributed by atoms with E-state index in [1.165, 1.54) is 0 Å². The Morgan fingerprint density at radius 3 is 2.54 bits per heavy atom. The minimum absolute atomic E-state index is 0.0586. The van der Waals surface area contributed by atoms with Gasteiger partial charge in [-0.2, -0.15) is 0 Å². The molecule has 0 radical (unpaired) electrons. The first kappa shape index (κ1) is 18.7. The van der Waals surface area contributed by atoms with Crippen molar-refractivity contribution in [2.45, 2.75) is 13.3 Å². The van der Waals surface area contributed by atoms with Crippen LogP contribution in [0.25, 0.3) is 11.3 Å². The van der Waals surface area contributed by atoms with Crippen LogP contribution in [0.2, 0.25) is 5.02 Å². The Hall–Kier alpha value is -2.70. The van der Waals surface area contributed by atoms with Gasteiger partial charge in [-0.3, -0.25) is 9.59 Å². The monoisotopic (exact) mass is 411 g/mol. The number of amides is 2. The topological polar surface area (TPSA) is 62.3 Å². The fraction of sp³-hybridized carbons (Fsp3) is 0.190. The van der Waals surface area contributed by atoms with Gasteiger partial charge in [0.2, 0.25) is 11.8 Å². The smallest absolute Gasteiger partial charge is 0.229 e. The Labute approximate surface area is 172 Å². The summed E-state index contributed by atoms with van der Waals surface area (Å²) in [4.78, 5) is 31.1. The van der Waals surface area contributed by atoms with E-state index in [2.05, 4.69) is 10.3 Å². The molecular formula is C21H18ClN3O2S. The zero-order chi connectivity index (χ0) is 19.7. The molecule has 5 nitrogen and oxygen atoms in total. The van der Waals surface area contributed by atoms with Crippen LogP contribution in [0.15, 0.2) is 53.9 Å². The first-order valence-corrected chi connectivity index (χ1v) is 10.1. The molecular weight excluding hydrogens is 394 g/mol. The lowest BCUT2D eigenvalue weighted by Gasteiger charge is -2.16. The molecule has 1 aromatic heterocycles. The molecule has 2 heterocycles. The molecule has 7 heteroatoms. The molecule has 28 heavy (non-hydrogen) atoms. The summed E-state index contributed by atoms with van der Waals surface area (Å²) in [6.45, 7) is 2.33. The van der Waals surface area contributed by atoms with Crippen molar-refractivity contribution in [1.29, 1.82) is 0 Å². The fourth-order valence-electron chi connectivity index (χ4n) is 3.22. The SMILES string of the molecule is Cc1nc(-c2ccc(NC(=O)[C@H]3CC(=O)N(c4ccc(Cl)cc4)C3)cc2)cs1.